The Morgan fingerprint density at radius 2 is 1.30 bits per heavy atom. The molecule has 0 radical (unpaired) electrons. The van der Waals surface area contributed by atoms with Gasteiger partial charge in [-0.2, -0.15) is 0 Å². The van der Waals surface area contributed by atoms with E-state index in [4.69, 9.17) is 16.6 Å². The zero-order valence-electron chi connectivity index (χ0n) is 15.2. The van der Waals surface area contributed by atoms with Crippen molar-refractivity contribution in [2.45, 2.75) is 13.3 Å². The van der Waals surface area contributed by atoms with Crippen molar-refractivity contribution in [1.82, 2.24) is 4.98 Å². The van der Waals surface area contributed by atoms with E-state index in [-0.39, 0.29) is 0 Å². The zero-order chi connectivity index (χ0) is 18.6. The SMILES string of the molecule is CCc1c(-c2ccccc2)cc(-c2ccccc2)nc1-c1ccc(Cl)cc1. The van der Waals surface area contributed by atoms with Crippen LogP contribution in [0.4, 0.5) is 0 Å². The monoisotopic (exact) mass is 369 g/mol. The van der Waals surface area contributed by atoms with Gasteiger partial charge in [-0.1, -0.05) is 91.3 Å². The van der Waals surface area contributed by atoms with E-state index < -0.39 is 0 Å². The van der Waals surface area contributed by atoms with Gasteiger partial charge in [0.2, 0.25) is 0 Å². The van der Waals surface area contributed by atoms with E-state index >= 15 is 0 Å². The summed E-state index contributed by atoms with van der Waals surface area (Å²) in [6.45, 7) is 2.19. The van der Waals surface area contributed by atoms with Crippen molar-refractivity contribution in [3.05, 3.63) is 102 Å². The van der Waals surface area contributed by atoms with E-state index in [1.807, 2.05) is 30.3 Å². The fourth-order valence-electron chi connectivity index (χ4n) is 3.41. The second-order valence-corrected chi connectivity index (χ2v) is 6.91. The molecule has 0 unspecified atom stereocenters. The minimum absolute atomic E-state index is 0.735. The van der Waals surface area contributed by atoms with Gasteiger partial charge in [0.15, 0.2) is 0 Å². The molecule has 0 aliphatic rings. The number of aromatic nitrogens is 1. The van der Waals surface area contributed by atoms with Crippen molar-refractivity contribution in [3.8, 4) is 33.6 Å². The molecule has 2 heteroatoms. The number of pyridine rings is 1. The molecular weight excluding hydrogens is 350 g/mol. The average Bonchev–Trinajstić information content (AvgIpc) is 2.74. The summed E-state index contributed by atoms with van der Waals surface area (Å²) >= 11 is 6.11. The first-order valence-corrected chi connectivity index (χ1v) is 9.54. The summed E-state index contributed by atoms with van der Waals surface area (Å²) in [5.74, 6) is 0. The molecule has 0 aliphatic heterocycles. The molecule has 0 saturated heterocycles. The van der Waals surface area contributed by atoms with Crippen LogP contribution in [0.3, 0.4) is 0 Å². The topological polar surface area (TPSA) is 12.9 Å². The van der Waals surface area contributed by atoms with Crippen molar-refractivity contribution < 1.29 is 0 Å². The van der Waals surface area contributed by atoms with Crippen LogP contribution >= 0.6 is 11.6 Å². The molecular formula is C25H20ClN. The Balaban J connectivity index is 2.00. The molecule has 0 saturated carbocycles. The Bertz CT molecular complexity index is 1040. The van der Waals surface area contributed by atoms with Crippen LogP contribution < -0.4 is 0 Å². The van der Waals surface area contributed by atoms with Crippen LogP contribution in [0.2, 0.25) is 5.02 Å². The average molecular weight is 370 g/mol. The van der Waals surface area contributed by atoms with Gasteiger partial charge in [0.05, 0.1) is 11.4 Å². The molecule has 0 atom stereocenters. The Morgan fingerprint density at radius 1 is 0.704 bits per heavy atom. The summed E-state index contributed by atoms with van der Waals surface area (Å²) in [6, 6.07) is 31.0. The van der Waals surface area contributed by atoms with Gasteiger partial charge in [-0.05, 0) is 41.3 Å². The molecule has 0 bridgehead atoms. The molecule has 0 fully saturated rings. The molecule has 0 amide bonds. The summed E-state index contributed by atoms with van der Waals surface area (Å²) in [7, 11) is 0. The van der Waals surface area contributed by atoms with Gasteiger partial charge in [-0.25, -0.2) is 4.98 Å². The summed E-state index contributed by atoms with van der Waals surface area (Å²) in [5.41, 5.74) is 7.91. The zero-order valence-corrected chi connectivity index (χ0v) is 15.9. The Morgan fingerprint density at radius 3 is 1.89 bits per heavy atom. The first kappa shape index (κ1) is 17.5. The molecule has 132 valence electrons. The lowest BCUT2D eigenvalue weighted by Crippen LogP contribution is -1.99. The third kappa shape index (κ3) is 3.65. The molecule has 3 aromatic carbocycles. The summed E-state index contributed by atoms with van der Waals surface area (Å²) < 4.78 is 0. The number of hydrogen-bond donors (Lipinski definition) is 0. The molecule has 4 aromatic rings. The van der Waals surface area contributed by atoms with Gasteiger partial charge in [-0.15, -0.1) is 0 Å². The number of rotatable bonds is 4. The highest BCUT2D eigenvalue weighted by atomic mass is 35.5. The maximum absolute atomic E-state index is 6.11. The van der Waals surface area contributed by atoms with E-state index in [1.54, 1.807) is 0 Å². The van der Waals surface area contributed by atoms with Crippen LogP contribution in [0, 0.1) is 0 Å². The number of benzene rings is 3. The molecule has 1 nitrogen and oxygen atoms in total. The maximum atomic E-state index is 6.11. The van der Waals surface area contributed by atoms with Crippen molar-refractivity contribution in [2.75, 3.05) is 0 Å². The highest BCUT2D eigenvalue weighted by molar-refractivity contribution is 6.30. The van der Waals surface area contributed by atoms with E-state index in [0.29, 0.717) is 0 Å². The largest absolute Gasteiger partial charge is 0.247 e. The van der Waals surface area contributed by atoms with Crippen LogP contribution in [0.1, 0.15) is 12.5 Å². The Hall–Kier alpha value is -2.90. The molecule has 1 aromatic heterocycles. The third-order valence-corrected chi connectivity index (χ3v) is 5.00. The van der Waals surface area contributed by atoms with Crippen LogP contribution in [-0.2, 0) is 6.42 Å². The highest BCUT2D eigenvalue weighted by Gasteiger charge is 2.15. The summed E-state index contributed by atoms with van der Waals surface area (Å²) in [6.07, 6.45) is 0.907. The summed E-state index contributed by atoms with van der Waals surface area (Å²) in [5, 5.41) is 0.735. The van der Waals surface area contributed by atoms with Crippen molar-refractivity contribution in [1.29, 1.82) is 0 Å². The van der Waals surface area contributed by atoms with Gasteiger partial charge in [0.1, 0.15) is 0 Å². The minimum atomic E-state index is 0.735. The van der Waals surface area contributed by atoms with Gasteiger partial charge >= 0.3 is 0 Å². The van der Waals surface area contributed by atoms with Crippen LogP contribution in [0.15, 0.2) is 91.0 Å². The maximum Gasteiger partial charge on any atom is 0.0747 e. The molecule has 0 spiro atoms. The molecule has 1 heterocycles. The normalized spacial score (nSPS) is 10.7. The van der Waals surface area contributed by atoms with E-state index in [9.17, 15) is 0 Å². The Kier molecular flexibility index (Phi) is 5.04. The second-order valence-electron chi connectivity index (χ2n) is 6.47. The van der Waals surface area contributed by atoms with Crippen LogP contribution in [0.25, 0.3) is 33.6 Å². The van der Waals surface area contributed by atoms with Crippen LogP contribution in [-0.4, -0.2) is 4.98 Å². The number of halogens is 1. The van der Waals surface area contributed by atoms with Crippen LogP contribution in [0.5, 0.6) is 0 Å². The van der Waals surface area contributed by atoms with Gasteiger partial charge in [0.25, 0.3) is 0 Å². The summed E-state index contributed by atoms with van der Waals surface area (Å²) in [4.78, 5) is 5.06. The predicted octanol–water partition coefficient (Wildman–Crippen LogP) is 7.30. The fraction of sp³-hybridized carbons (Fsp3) is 0.0800. The third-order valence-electron chi connectivity index (χ3n) is 4.75. The predicted molar refractivity (Wildman–Crippen MR) is 115 cm³/mol. The fourth-order valence-corrected chi connectivity index (χ4v) is 3.53. The lowest BCUT2D eigenvalue weighted by molar-refractivity contribution is 1.11. The molecule has 0 N–H and O–H groups in total. The Labute approximate surface area is 165 Å². The van der Waals surface area contributed by atoms with E-state index in [2.05, 4.69) is 67.6 Å². The lowest BCUT2D eigenvalue weighted by atomic mass is 9.92. The number of hydrogen-bond acceptors (Lipinski definition) is 1. The van der Waals surface area contributed by atoms with Gasteiger partial charge in [0, 0.05) is 16.1 Å². The number of nitrogens with zero attached hydrogens (tertiary/aromatic N) is 1. The van der Waals surface area contributed by atoms with Gasteiger partial charge in [-0.3, -0.25) is 0 Å². The smallest absolute Gasteiger partial charge is 0.0747 e. The molecule has 27 heavy (non-hydrogen) atoms. The van der Waals surface area contributed by atoms with Gasteiger partial charge < -0.3 is 0 Å². The first-order valence-electron chi connectivity index (χ1n) is 9.17. The van der Waals surface area contributed by atoms with Crippen molar-refractivity contribution in [3.63, 3.8) is 0 Å². The molecule has 4 rings (SSSR count). The second kappa shape index (κ2) is 7.77. The van der Waals surface area contributed by atoms with Crippen molar-refractivity contribution in [2.24, 2.45) is 0 Å². The molecule has 0 aliphatic carbocycles. The van der Waals surface area contributed by atoms with E-state index in [1.165, 1.54) is 16.7 Å². The highest BCUT2D eigenvalue weighted by Crippen LogP contribution is 2.35. The van der Waals surface area contributed by atoms with Crippen molar-refractivity contribution >= 4 is 11.6 Å². The first-order chi connectivity index (χ1) is 13.3. The standard InChI is InChI=1S/C25H20ClN/c1-2-22-23(18-9-5-3-6-10-18)17-24(19-11-7-4-8-12-19)27-25(22)20-13-15-21(26)16-14-20/h3-17H,2H2,1H3. The minimum Gasteiger partial charge on any atom is -0.247 e. The quantitative estimate of drug-likeness (QED) is 0.367. The lowest BCUT2D eigenvalue weighted by Gasteiger charge is -2.16. The van der Waals surface area contributed by atoms with E-state index in [0.717, 1.165) is 34.0 Å².